The Balaban J connectivity index is 1.57. The number of aromatic nitrogens is 3. The molecule has 28 heavy (non-hydrogen) atoms. The molecule has 0 bridgehead atoms. The maximum atomic E-state index is 13.8. The van der Waals surface area contributed by atoms with Gasteiger partial charge in [0.2, 0.25) is 5.91 Å². The SMILES string of the molecule is COc1ccc([C@H](C)NC(=O)/C=C/c2cn(Cc3ccccc3)nn2)cc1F. The second-order valence-electron chi connectivity index (χ2n) is 6.28. The highest BCUT2D eigenvalue weighted by molar-refractivity contribution is 5.91. The third kappa shape index (κ3) is 5.03. The first kappa shape index (κ1) is 19.3. The van der Waals surface area contributed by atoms with Crippen LogP contribution in [-0.2, 0) is 11.3 Å². The van der Waals surface area contributed by atoms with Crippen molar-refractivity contribution in [2.24, 2.45) is 0 Å². The van der Waals surface area contributed by atoms with Gasteiger partial charge in [0.25, 0.3) is 0 Å². The number of amides is 1. The van der Waals surface area contributed by atoms with Gasteiger partial charge >= 0.3 is 0 Å². The van der Waals surface area contributed by atoms with E-state index in [1.807, 2.05) is 30.3 Å². The summed E-state index contributed by atoms with van der Waals surface area (Å²) < 4.78 is 20.4. The van der Waals surface area contributed by atoms with Crippen molar-refractivity contribution in [3.8, 4) is 5.75 Å². The first-order chi connectivity index (χ1) is 13.5. The lowest BCUT2D eigenvalue weighted by Gasteiger charge is -2.14. The van der Waals surface area contributed by atoms with Crippen molar-refractivity contribution in [3.63, 3.8) is 0 Å². The van der Waals surface area contributed by atoms with Crippen molar-refractivity contribution >= 4 is 12.0 Å². The Kier molecular flexibility index (Phi) is 6.16. The predicted octanol–water partition coefficient (Wildman–Crippen LogP) is 3.36. The lowest BCUT2D eigenvalue weighted by Crippen LogP contribution is -2.24. The molecule has 6 nitrogen and oxygen atoms in total. The number of halogens is 1. The van der Waals surface area contributed by atoms with E-state index in [-0.39, 0.29) is 17.7 Å². The van der Waals surface area contributed by atoms with E-state index < -0.39 is 5.82 Å². The average Bonchev–Trinajstić information content (AvgIpc) is 3.14. The largest absolute Gasteiger partial charge is 0.494 e. The normalized spacial score (nSPS) is 12.1. The number of carbonyl (C=O) groups excluding carboxylic acids is 1. The van der Waals surface area contributed by atoms with E-state index in [9.17, 15) is 9.18 Å². The number of benzene rings is 2. The number of ether oxygens (including phenoxy) is 1. The van der Waals surface area contributed by atoms with Gasteiger partial charge in [-0.2, -0.15) is 0 Å². The highest BCUT2D eigenvalue weighted by Gasteiger charge is 2.11. The minimum atomic E-state index is -0.466. The number of carbonyl (C=O) groups is 1. The van der Waals surface area contributed by atoms with Crippen LogP contribution in [-0.4, -0.2) is 28.0 Å². The summed E-state index contributed by atoms with van der Waals surface area (Å²) in [5.74, 6) is -0.603. The molecule has 1 heterocycles. The van der Waals surface area contributed by atoms with Gasteiger partial charge < -0.3 is 10.1 Å². The second kappa shape index (κ2) is 8.94. The minimum absolute atomic E-state index is 0.167. The molecule has 0 saturated heterocycles. The van der Waals surface area contributed by atoms with E-state index >= 15 is 0 Å². The van der Waals surface area contributed by atoms with E-state index in [1.165, 1.54) is 25.3 Å². The van der Waals surface area contributed by atoms with Gasteiger partial charge in [-0.05, 0) is 36.3 Å². The first-order valence-corrected chi connectivity index (χ1v) is 8.81. The van der Waals surface area contributed by atoms with Gasteiger partial charge in [0.05, 0.1) is 25.9 Å². The van der Waals surface area contributed by atoms with Crippen LogP contribution in [0.2, 0.25) is 0 Å². The van der Waals surface area contributed by atoms with E-state index in [1.54, 1.807) is 29.9 Å². The summed E-state index contributed by atoms with van der Waals surface area (Å²) in [6, 6.07) is 14.1. The molecule has 0 saturated carbocycles. The Morgan fingerprint density at radius 3 is 2.79 bits per heavy atom. The highest BCUT2D eigenvalue weighted by atomic mass is 19.1. The minimum Gasteiger partial charge on any atom is -0.494 e. The number of hydrogen-bond donors (Lipinski definition) is 1. The molecule has 0 spiro atoms. The van der Waals surface area contributed by atoms with Crippen LogP contribution in [0.5, 0.6) is 5.75 Å². The Morgan fingerprint density at radius 2 is 2.07 bits per heavy atom. The summed E-state index contributed by atoms with van der Waals surface area (Å²) in [6.45, 7) is 2.39. The maximum absolute atomic E-state index is 13.8. The van der Waals surface area contributed by atoms with Crippen LogP contribution in [0.4, 0.5) is 4.39 Å². The number of rotatable bonds is 7. The summed E-state index contributed by atoms with van der Waals surface area (Å²) in [4.78, 5) is 12.1. The zero-order chi connectivity index (χ0) is 19.9. The Labute approximate surface area is 162 Å². The van der Waals surface area contributed by atoms with Crippen LogP contribution >= 0.6 is 0 Å². The van der Waals surface area contributed by atoms with Crippen molar-refractivity contribution < 1.29 is 13.9 Å². The maximum Gasteiger partial charge on any atom is 0.244 e. The second-order valence-corrected chi connectivity index (χ2v) is 6.28. The molecule has 144 valence electrons. The van der Waals surface area contributed by atoms with Crippen LogP contribution in [0, 0.1) is 5.82 Å². The van der Waals surface area contributed by atoms with Gasteiger partial charge in [-0.25, -0.2) is 9.07 Å². The van der Waals surface area contributed by atoms with Crippen molar-refractivity contribution in [2.45, 2.75) is 19.5 Å². The molecule has 1 amide bonds. The summed E-state index contributed by atoms with van der Waals surface area (Å²) in [7, 11) is 1.41. The fourth-order valence-electron chi connectivity index (χ4n) is 2.70. The quantitative estimate of drug-likeness (QED) is 0.638. The Morgan fingerprint density at radius 1 is 1.29 bits per heavy atom. The van der Waals surface area contributed by atoms with Crippen molar-refractivity contribution in [1.29, 1.82) is 0 Å². The number of methoxy groups -OCH3 is 1. The monoisotopic (exact) mass is 380 g/mol. The van der Waals surface area contributed by atoms with E-state index in [0.29, 0.717) is 17.8 Å². The zero-order valence-electron chi connectivity index (χ0n) is 15.7. The molecule has 7 heteroatoms. The van der Waals surface area contributed by atoms with Gasteiger partial charge in [0, 0.05) is 6.08 Å². The molecule has 2 aromatic carbocycles. The van der Waals surface area contributed by atoms with Crippen LogP contribution in [0.1, 0.15) is 29.8 Å². The molecule has 0 aliphatic carbocycles. The van der Waals surface area contributed by atoms with Gasteiger partial charge in [0.15, 0.2) is 11.6 Å². The lowest BCUT2D eigenvalue weighted by atomic mass is 10.1. The first-order valence-electron chi connectivity index (χ1n) is 8.81. The van der Waals surface area contributed by atoms with E-state index in [0.717, 1.165) is 5.56 Å². The molecule has 1 aromatic heterocycles. The van der Waals surface area contributed by atoms with Gasteiger partial charge in [-0.3, -0.25) is 4.79 Å². The summed E-state index contributed by atoms with van der Waals surface area (Å²) in [5, 5.41) is 10.9. The standard InChI is InChI=1S/C21H21FN4O2/c1-15(17-8-10-20(28-2)19(22)12-17)23-21(27)11-9-18-14-26(25-24-18)13-16-6-4-3-5-7-16/h3-12,14-15H,13H2,1-2H3,(H,23,27)/b11-9+/t15-/m0/s1. The predicted molar refractivity (Wildman–Crippen MR) is 104 cm³/mol. The van der Waals surface area contributed by atoms with Crippen molar-refractivity contribution in [2.75, 3.05) is 7.11 Å². The summed E-state index contributed by atoms with van der Waals surface area (Å²) in [5.41, 5.74) is 2.34. The third-order valence-electron chi connectivity index (χ3n) is 4.18. The molecule has 0 aliphatic rings. The van der Waals surface area contributed by atoms with Gasteiger partial charge in [-0.1, -0.05) is 41.6 Å². The fraction of sp³-hybridized carbons (Fsp3) is 0.190. The summed E-state index contributed by atoms with van der Waals surface area (Å²) in [6.07, 6.45) is 4.73. The Hall–Kier alpha value is -3.48. The van der Waals surface area contributed by atoms with Crippen LogP contribution < -0.4 is 10.1 Å². The van der Waals surface area contributed by atoms with E-state index in [2.05, 4.69) is 15.6 Å². The highest BCUT2D eigenvalue weighted by Crippen LogP contribution is 2.21. The van der Waals surface area contributed by atoms with Gasteiger partial charge in [0.1, 0.15) is 5.69 Å². The number of hydrogen-bond acceptors (Lipinski definition) is 4. The number of nitrogens with one attached hydrogen (secondary N) is 1. The average molecular weight is 380 g/mol. The fourth-order valence-corrected chi connectivity index (χ4v) is 2.70. The lowest BCUT2D eigenvalue weighted by molar-refractivity contribution is -0.117. The van der Waals surface area contributed by atoms with E-state index in [4.69, 9.17) is 4.74 Å². The molecule has 1 N–H and O–H groups in total. The molecular formula is C21H21FN4O2. The smallest absolute Gasteiger partial charge is 0.244 e. The molecule has 1 atom stereocenters. The zero-order valence-corrected chi connectivity index (χ0v) is 15.7. The van der Waals surface area contributed by atoms with Crippen LogP contribution in [0.15, 0.2) is 60.8 Å². The molecule has 0 aliphatic heterocycles. The van der Waals surface area contributed by atoms with Crippen molar-refractivity contribution in [3.05, 3.63) is 83.4 Å². The molecule has 3 aromatic rings. The third-order valence-corrected chi connectivity index (χ3v) is 4.18. The molecule has 0 radical (unpaired) electrons. The molecule has 0 unspecified atom stereocenters. The van der Waals surface area contributed by atoms with Crippen molar-refractivity contribution in [1.82, 2.24) is 20.3 Å². The van der Waals surface area contributed by atoms with Crippen LogP contribution in [0.25, 0.3) is 6.08 Å². The molecule has 0 fully saturated rings. The Bertz CT molecular complexity index is 970. The van der Waals surface area contributed by atoms with Gasteiger partial charge in [-0.15, -0.1) is 5.10 Å². The van der Waals surface area contributed by atoms with Crippen LogP contribution in [0.3, 0.4) is 0 Å². The molecular weight excluding hydrogens is 359 g/mol. The molecule has 3 rings (SSSR count). The number of nitrogens with zero attached hydrogens (tertiary/aromatic N) is 3. The summed E-state index contributed by atoms with van der Waals surface area (Å²) >= 11 is 0. The topological polar surface area (TPSA) is 69.0 Å².